The maximum atomic E-state index is 12.0. The van der Waals surface area contributed by atoms with Crippen LogP contribution in [0.5, 0.6) is 0 Å². The average Bonchev–Trinajstić information content (AvgIpc) is 2.68. The Bertz CT molecular complexity index is 441. The van der Waals surface area contributed by atoms with E-state index in [0.29, 0.717) is 13.0 Å². The molecule has 3 N–H and O–H groups in total. The summed E-state index contributed by atoms with van der Waals surface area (Å²) in [5.74, 6) is -1.52. The highest BCUT2D eigenvalue weighted by Gasteiger charge is 2.20. The van der Waals surface area contributed by atoms with E-state index in [1.165, 1.54) is 64.2 Å². The Labute approximate surface area is 177 Å². The second-order valence-electron chi connectivity index (χ2n) is 7.94. The Morgan fingerprint density at radius 2 is 1.17 bits per heavy atom. The standard InChI is InChI=1S/C23H44N2O4/c1-3-5-6-7-8-9-10-11-12-13-14-15-16-17-22(27)25-20(23(28)29)18-19-21(26)24-4-2/h20H,3-19H2,1-2H3,(H,24,26)(H,25,27)(H,28,29)/t20-/m0/s1. The minimum absolute atomic E-state index is 0.101. The average molecular weight is 413 g/mol. The van der Waals surface area contributed by atoms with Gasteiger partial charge >= 0.3 is 5.97 Å². The minimum Gasteiger partial charge on any atom is -0.480 e. The first-order chi connectivity index (χ1) is 14.0. The van der Waals surface area contributed by atoms with E-state index in [1.807, 2.05) is 6.92 Å². The molecule has 2 amide bonds. The molecule has 0 aromatic carbocycles. The SMILES string of the molecule is CCCCCCCCCCCCCCCC(=O)N[C@@H](CCC(=O)NCC)C(=O)O. The van der Waals surface area contributed by atoms with Crippen molar-refractivity contribution in [2.45, 2.75) is 123 Å². The van der Waals surface area contributed by atoms with Crippen molar-refractivity contribution in [3.05, 3.63) is 0 Å². The number of hydrogen-bond donors (Lipinski definition) is 3. The van der Waals surface area contributed by atoms with Gasteiger partial charge in [-0.1, -0.05) is 84.0 Å². The number of carbonyl (C=O) groups excluding carboxylic acids is 2. The third-order valence-electron chi connectivity index (χ3n) is 5.17. The monoisotopic (exact) mass is 412 g/mol. The Hall–Kier alpha value is -1.59. The van der Waals surface area contributed by atoms with Gasteiger partial charge in [-0.05, 0) is 19.8 Å². The van der Waals surface area contributed by atoms with Gasteiger partial charge in [0.05, 0.1) is 0 Å². The number of carboxylic acid groups (broad SMARTS) is 1. The molecule has 0 aromatic heterocycles. The van der Waals surface area contributed by atoms with Crippen molar-refractivity contribution < 1.29 is 19.5 Å². The molecule has 6 heteroatoms. The van der Waals surface area contributed by atoms with Crippen LogP contribution in [-0.4, -0.2) is 35.5 Å². The molecule has 0 aliphatic heterocycles. The molecule has 0 spiro atoms. The lowest BCUT2D eigenvalue weighted by molar-refractivity contribution is -0.142. The lowest BCUT2D eigenvalue weighted by Gasteiger charge is -2.14. The zero-order valence-electron chi connectivity index (χ0n) is 18.8. The number of unbranched alkanes of at least 4 members (excludes halogenated alkanes) is 12. The zero-order valence-corrected chi connectivity index (χ0v) is 18.8. The fraction of sp³-hybridized carbons (Fsp3) is 0.870. The van der Waals surface area contributed by atoms with E-state index in [0.717, 1.165) is 19.3 Å². The van der Waals surface area contributed by atoms with Crippen LogP contribution in [0.3, 0.4) is 0 Å². The summed E-state index contributed by atoms with van der Waals surface area (Å²) in [4.78, 5) is 34.7. The summed E-state index contributed by atoms with van der Waals surface area (Å²) in [6.45, 7) is 4.57. The smallest absolute Gasteiger partial charge is 0.326 e. The molecule has 0 radical (unpaired) electrons. The van der Waals surface area contributed by atoms with Crippen molar-refractivity contribution in [3.8, 4) is 0 Å². The van der Waals surface area contributed by atoms with Gasteiger partial charge in [-0.2, -0.15) is 0 Å². The molecule has 29 heavy (non-hydrogen) atoms. The quantitative estimate of drug-likeness (QED) is 0.246. The summed E-state index contributed by atoms with van der Waals surface area (Å²) in [7, 11) is 0. The number of nitrogens with one attached hydrogen (secondary N) is 2. The van der Waals surface area contributed by atoms with Gasteiger partial charge in [0, 0.05) is 19.4 Å². The van der Waals surface area contributed by atoms with E-state index in [4.69, 9.17) is 0 Å². The Morgan fingerprint density at radius 1 is 0.690 bits per heavy atom. The van der Waals surface area contributed by atoms with E-state index in [2.05, 4.69) is 17.6 Å². The number of carboxylic acids is 1. The van der Waals surface area contributed by atoms with Crippen LogP contribution in [0.2, 0.25) is 0 Å². The Balaban J connectivity index is 3.62. The predicted molar refractivity (Wildman–Crippen MR) is 118 cm³/mol. The van der Waals surface area contributed by atoms with Gasteiger partial charge < -0.3 is 15.7 Å². The molecule has 0 unspecified atom stereocenters. The summed E-state index contributed by atoms with van der Waals surface area (Å²) in [6, 6.07) is -0.993. The second-order valence-corrected chi connectivity index (χ2v) is 7.94. The summed E-state index contributed by atoms with van der Waals surface area (Å²) >= 11 is 0. The number of carbonyl (C=O) groups is 3. The summed E-state index contributed by atoms with van der Waals surface area (Å²) < 4.78 is 0. The largest absolute Gasteiger partial charge is 0.480 e. The van der Waals surface area contributed by atoms with E-state index < -0.39 is 12.0 Å². The molecule has 0 heterocycles. The molecule has 0 aromatic rings. The van der Waals surface area contributed by atoms with Crippen LogP contribution < -0.4 is 10.6 Å². The maximum absolute atomic E-state index is 12.0. The van der Waals surface area contributed by atoms with Gasteiger partial charge in [0.15, 0.2) is 0 Å². The molecule has 0 saturated heterocycles. The first-order valence-corrected chi connectivity index (χ1v) is 11.8. The number of amides is 2. The van der Waals surface area contributed by atoms with E-state index >= 15 is 0 Å². The Kier molecular flexibility index (Phi) is 18.6. The molecular formula is C23H44N2O4. The maximum Gasteiger partial charge on any atom is 0.326 e. The highest BCUT2D eigenvalue weighted by Crippen LogP contribution is 2.13. The van der Waals surface area contributed by atoms with Gasteiger partial charge in [0.1, 0.15) is 6.04 Å². The van der Waals surface area contributed by atoms with Crippen LogP contribution in [0.25, 0.3) is 0 Å². The fourth-order valence-corrected chi connectivity index (χ4v) is 3.39. The molecule has 0 rings (SSSR count). The predicted octanol–water partition coefficient (Wildman–Crippen LogP) is 4.95. The summed E-state index contributed by atoms with van der Waals surface area (Å²) in [6.07, 6.45) is 16.8. The van der Waals surface area contributed by atoms with Crippen molar-refractivity contribution in [2.24, 2.45) is 0 Å². The molecule has 0 bridgehead atoms. The minimum atomic E-state index is -1.09. The molecule has 0 saturated carbocycles. The van der Waals surface area contributed by atoms with Gasteiger partial charge in [-0.25, -0.2) is 4.79 Å². The van der Waals surface area contributed by atoms with Crippen LogP contribution in [-0.2, 0) is 14.4 Å². The van der Waals surface area contributed by atoms with E-state index in [9.17, 15) is 19.5 Å². The highest BCUT2D eigenvalue weighted by molar-refractivity contribution is 5.84. The van der Waals surface area contributed by atoms with Crippen LogP contribution >= 0.6 is 0 Å². The molecule has 0 aliphatic carbocycles. The van der Waals surface area contributed by atoms with Crippen molar-refractivity contribution in [1.29, 1.82) is 0 Å². The van der Waals surface area contributed by atoms with Crippen LogP contribution in [0.4, 0.5) is 0 Å². The molecule has 0 aliphatic rings. The van der Waals surface area contributed by atoms with Crippen molar-refractivity contribution in [2.75, 3.05) is 6.54 Å². The van der Waals surface area contributed by atoms with Gasteiger partial charge in [-0.15, -0.1) is 0 Å². The van der Waals surface area contributed by atoms with Crippen LogP contribution in [0.1, 0.15) is 117 Å². The third-order valence-corrected chi connectivity index (χ3v) is 5.17. The van der Waals surface area contributed by atoms with E-state index in [1.54, 1.807) is 0 Å². The van der Waals surface area contributed by atoms with Gasteiger partial charge in [0.25, 0.3) is 0 Å². The lowest BCUT2D eigenvalue weighted by Crippen LogP contribution is -2.41. The normalized spacial score (nSPS) is 11.8. The fourth-order valence-electron chi connectivity index (χ4n) is 3.39. The molecule has 6 nitrogen and oxygen atoms in total. The van der Waals surface area contributed by atoms with Crippen LogP contribution in [0, 0.1) is 0 Å². The molecular weight excluding hydrogens is 368 g/mol. The summed E-state index contributed by atoms with van der Waals surface area (Å²) in [5, 5.41) is 14.4. The molecule has 0 fully saturated rings. The van der Waals surface area contributed by atoms with Gasteiger partial charge in [-0.3, -0.25) is 9.59 Å². The first kappa shape index (κ1) is 27.4. The van der Waals surface area contributed by atoms with Crippen molar-refractivity contribution >= 4 is 17.8 Å². The van der Waals surface area contributed by atoms with E-state index in [-0.39, 0.29) is 24.7 Å². The van der Waals surface area contributed by atoms with Gasteiger partial charge in [0.2, 0.25) is 11.8 Å². The second kappa shape index (κ2) is 19.7. The number of hydrogen-bond acceptors (Lipinski definition) is 3. The lowest BCUT2D eigenvalue weighted by atomic mass is 10.0. The van der Waals surface area contributed by atoms with Crippen molar-refractivity contribution in [1.82, 2.24) is 10.6 Å². The molecule has 170 valence electrons. The number of aliphatic carboxylic acids is 1. The molecule has 1 atom stereocenters. The summed E-state index contributed by atoms with van der Waals surface area (Å²) in [5.41, 5.74) is 0. The highest BCUT2D eigenvalue weighted by atomic mass is 16.4. The van der Waals surface area contributed by atoms with Crippen LogP contribution in [0.15, 0.2) is 0 Å². The first-order valence-electron chi connectivity index (χ1n) is 11.8. The third kappa shape index (κ3) is 18.2. The topological polar surface area (TPSA) is 95.5 Å². The number of rotatable bonds is 20. The Morgan fingerprint density at radius 3 is 1.62 bits per heavy atom. The zero-order chi connectivity index (χ0) is 21.7. The van der Waals surface area contributed by atoms with Crippen molar-refractivity contribution in [3.63, 3.8) is 0 Å².